The summed E-state index contributed by atoms with van der Waals surface area (Å²) in [4.78, 5) is 31.6. The average molecular weight is 516 g/mol. The molecular weight excluding hydrogens is 489 g/mol. The number of carboxylic acid groups (broad SMARTS) is 1. The van der Waals surface area contributed by atoms with Gasteiger partial charge in [-0.05, 0) is 49.9 Å². The van der Waals surface area contributed by atoms with E-state index >= 15 is 0 Å². The summed E-state index contributed by atoms with van der Waals surface area (Å²) in [6.07, 6.45) is 3.91. The molecule has 0 bridgehead atoms. The van der Waals surface area contributed by atoms with E-state index in [4.69, 9.17) is 4.74 Å². The van der Waals surface area contributed by atoms with E-state index < -0.39 is 5.97 Å². The lowest BCUT2D eigenvalue weighted by molar-refractivity contribution is 0.0645. The van der Waals surface area contributed by atoms with Crippen LogP contribution in [-0.2, 0) is 5.41 Å². The van der Waals surface area contributed by atoms with Gasteiger partial charge in [-0.25, -0.2) is 14.2 Å². The van der Waals surface area contributed by atoms with Gasteiger partial charge in [0.05, 0.1) is 12.8 Å². The highest BCUT2D eigenvalue weighted by Gasteiger charge is 2.45. The number of nitrogens with zero attached hydrogens (tertiary/aromatic N) is 4. The predicted molar refractivity (Wildman–Crippen MR) is 138 cm³/mol. The van der Waals surface area contributed by atoms with Crippen LogP contribution in [0.25, 0.3) is 5.65 Å². The first-order valence-corrected chi connectivity index (χ1v) is 12.4. The molecule has 9 nitrogen and oxygen atoms in total. The Hall–Kier alpha value is -4.47. The van der Waals surface area contributed by atoms with E-state index in [2.05, 4.69) is 15.4 Å². The zero-order chi connectivity index (χ0) is 26.6. The van der Waals surface area contributed by atoms with Gasteiger partial charge in [0, 0.05) is 36.0 Å². The number of carbonyl (C=O) groups excluding carboxylic acids is 1. The number of likely N-dealkylation sites (tertiary alicyclic amines) is 1. The van der Waals surface area contributed by atoms with Crippen LogP contribution in [-0.4, -0.2) is 56.2 Å². The van der Waals surface area contributed by atoms with Crippen molar-refractivity contribution in [2.24, 2.45) is 0 Å². The zero-order valence-electron chi connectivity index (χ0n) is 21.0. The van der Waals surface area contributed by atoms with Crippen molar-refractivity contribution in [3.8, 4) is 5.75 Å². The van der Waals surface area contributed by atoms with Gasteiger partial charge in [0.2, 0.25) is 0 Å². The van der Waals surface area contributed by atoms with Gasteiger partial charge in [-0.1, -0.05) is 24.3 Å². The fourth-order valence-corrected chi connectivity index (χ4v) is 5.44. The number of nitrogens with one attached hydrogen (secondary N) is 1. The minimum Gasteiger partial charge on any atom is -0.489 e. The highest BCUT2D eigenvalue weighted by atomic mass is 19.1. The van der Waals surface area contributed by atoms with Gasteiger partial charge in [0.1, 0.15) is 16.9 Å². The molecule has 2 aliphatic rings. The number of carbonyl (C=O) groups is 2. The molecule has 1 spiro atoms. The van der Waals surface area contributed by atoms with E-state index in [9.17, 15) is 19.1 Å². The average Bonchev–Trinajstić information content (AvgIpc) is 3.50. The fraction of sp³-hybridized carbons (Fsp3) is 0.286. The third-order valence-corrected chi connectivity index (χ3v) is 7.67. The van der Waals surface area contributed by atoms with Crippen molar-refractivity contribution < 1.29 is 23.8 Å². The molecule has 10 heteroatoms. The molecule has 0 unspecified atom stereocenters. The molecule has 194 valence electrons. The molecule has 0 aliphatic carbocycles. The topological polar surface area (TPSA) is 109 Å². The molecule has 1 fully saturated rings. The van der Waals surface area contributed by atoms with E-state index in [0.717, 1.165) is 22.4 Å². The normalized spacial score (nSPS) is 15.9. The lowest BCUT2D eigenvalue weighted by Crippen LogP contribution is -2.46. The van der Waals surface area contributed by atoms with Crippen molar-refractivity contribution in [1.82, 2.24) is 19.5 Å². The molecule has 2 aromatic carbocycles. The third kappa shape index (κ3) is 3.75. The van der Waals surface area contributed by atoms with Gasteiger partial charge in [-0.3, -0.25) is 4.79 Å². The maximum atomic E-state index is 14.3. The summed E-state index contributed by atoms with van der Waals surface area (Å²) in [6.45, 7) is 5.22. The van der Waals surface area contributed by atoms with Crippen LogP contribution in [0.1, 0.15) is 50.2 Å². The number of rotatable bonds is 4. The Labute approximate surface area is 217 Å². The van der Waals surface area contributed by atoms with Crippen molar-refractivity contribution in [3.05, 3.63) is 82.4 Å². The van der Waals surface area contributed by atoms with E-state index in [1.165, 1.54) is 23.0 Å². The summed E-state index contributed by atoms with van der Waals surface area (Å²) in [6, 6.07) is 10.9. The number of aromatic carboxylic acids is 1. The van der Waals surface area contributed by atoms with Crippen LogP contribution in [0.15, 0.2) is 48.8 Å². The molecule has 4 heterocycles. The van der Waals surface area contributed by atoms with Crippen LogP contribution in [0.4, 0.5) is 15.9 Å². The molecule has 0 atom stereocenters. The van der Waals surface area contributed by atoms with E-state index in [1.54, 1.807) is 11.0 Å². The van der Waals surface area contributed by atoms with E-state index in [1.807, 2.05) is 38.1 Å². The number of aromatic nitrogens is 3. The van der Waals surface area contributed by atoms with Crippen molar-refractivity contribution in [1.29, 1.82) is 0 Å². The minimum absolute atomic E-state index is 0.0555. The van der Waals surface area contributed by atoms with Crippen LogP contribution < -0.4 is 10.1 Å². The van der Waals surface area contributed by atoms with Crippen LogP contribution in [0.3, 0.4) is 0 Å². The van der Waals surface area contributed by atoms with Crippen LogP contribution in [0.5, 0.6) is 5.75 Å². The van der Waals surface area contributed by atoms with Crippen molar-refractivity contribution in [2.75, 3.05) is 25.0 Å². The number of hydrogen-bond acceptors (Lipinski definition) is 6. The number of ether oxygens (including phenoxy) is 1. The van der Waals surface area contributed by atoms with Crippen LogP contribution >= 0.6 is 0 Å². The summed E-state index contributed by atoms with van der Waals surface area (Å²) in [5.74, 6) is -1.10. The maximum Gasteiger partial charge on any atom is 0.341 e. The SMILES string of the molecule is Cc1ccc(C)c(Nc2c(C(=O)N3CCC4(CC3)COc3c(F)cccc34)cnc3c(C(=O)O)cnn23)c1. The van der Waals surface area contributed by atoms with Gasteiger partial charge in [-0.15, -0.1) is 0 Å². The highest BCUT2D eigenvalue weighted by Crippen LogP contribution is 2.46. The highest BCUT2D eigenvalue weighted by molar-refractivity contribution is 6.01. The second-order valence-corrected chi connectivity index (χ2v) is 10.0. The summed E-state index contributed by atoms with van der Waals surface area (Å²) in [7, 11) is 0. The molecule has 38 heavy (non-hydrogen) atoms. The number of anilines is 2. The van der Waals surface area contributed by atoms with Gasteiger partial charge in [0.15, 0.2) is 17.2 Å². The molecule has 1 amide bonds. The fourth-order valence-electron chi connectivity index (χ4n) is 5.44. The Bertz CT molecular complexity index is 1610. The van der Waals surface area contributed by atoms with Crippen molar-refractivity contribution >= 4 is 29.0 Å². The molecule has 6 rings (SSSR count). The second-order valence-electron chi connectivity index (χ2n) is 10.0. The quantitative estimate of drug-likeness (QED) is 0.412. The van der Waals surface area contributed by atoms with Gasteiger partial charge in [0.25, 0.3) is 5.91 Å². The first-order valence-electron chi connectivity index (χ1n) is 12.4. The van der Waals surface area contributed by atoms with Gasteiger partial charge in [-0.2, -0.15) is 9.61 Å². The molecule has 2 aromatic heterocycles. The van der Waals surface area contributed by atoms with E-state index in [-0.39, 0.29) is 33.9 Å². The summed E-state index contributed by atoms with van der Waals surface area (Å²) in [5, 5.41) is 17.2. The number of halogens is 1. The first-order chi connectivity index (χ1) is 18.3. The molecule has 0 radical (unpaired) electrons. The molecule has 1 saturated heterocycles. The number of piperidine rings is 1. The summed E-state index contributed by atoms with van der Waals surface area (Å²) < 4.78 is 21.4. The molecule has 2 aliphatic heterocycles. The zero-order valence-corrected chi connectivity index (χ0v) is 21.0. The van der Waals surface area contributed by atoms with Crippen molar-refractivity contribution in [3.63, 3.8) is 0 Å². The number of para-hydroxylation sites is 1. The Morgan fingerprint density at radius 1 is 1.11 bits per heavy atom. The molecule has 2 N–H and O–H groups in total. The van der Waals surface area contributed by atoms with Crippen LogP contribution in [0.2, 0.25) is 0 Å². The summed E-state index contributed by atoms with van der Waals surface area (Å²) in [5.41, 5.74) is 3.66. The lowest BCUT2D eigenvalue weighted by atomic mass is 9.74. The van der Waals surface area contributed by atoms with Crippen LogP contribution in [0, 0.1) is 19.7 Å². The number of aryl methyl sites for hydroxylation is 2. The first kappa shape index (κ1) is 23.9. The third-order valence-electron chi connectivity index (χ3n) is 7.67. The van der Waals surface area contributed by atoms with E-state index in [0.29, 0.717) is 44.1 Å². The lowest BCUT2D eigenvalue weighted by Gasteiger charge is -2.38. The minimum atomic E-state index is -1.15. The summed E-state index contributed by atoms with van der Waals surface area (Å²) >= 11 is 0. The van der Waals surface area contributed by atoms with Gasteiger partial charge < -0.3 is 20.1 Å². The number of hydrogen-bond donors (Lipinski definition) is 2. The Morgan fingerprint density at radius 3 is 2.66 bits per heavy atom. The largest absolute Gasteiger partial charge is 0.489 e. The molecule has 0 saturated carbocycles. The molecular formula is C28H26FN5O4. The Kier molecular flexibility index (Phi) is 5.55. The van der Waals surface area contributed by atoms with Gasteiger partial charge >= 0.3 is 5.97 Å². The number of carboxylic acids is 1. The monoisotopic (exact) mass is 515 g/mol. The second kappa shape index (κ2) is 8.83. The maximum absolute atomic E-state index is 14.3. The Balaban J connectivity index is 1.34. The number of amides is 1. The Morgan fingerprint density at radius 2 is 1.89 bits per heavy atom. The molecule has 4 aromatic rings. The number of benzene rings is 2. The standard InChI is InChI=1S/C28H26FN5O4/c1-16-6-7-17(2)22(12-16)32-25-18(13-30-24-19(27(36)37)14-31-34(24)25)26(35)33-10-8-28(9-11-33)15-38-23-20(28)4-3-5-21(23)29/h3-7,12-14,32H,8-11,15H2,1-2H3,(H,36,37). The number of fused-ring (bicyclic) bond motifs is 3. The smallest absolute Gasteiger partial charge is 0.341 e. The van der Waals surface area contributed by atoms with Crippen molar-refractivity contribution in [2.45, 2.75) is 32.1 Å². The predicted octanol–water partition coefficient (Wildman–Crippen LogP) is 4.49.